The van der Waals surface area contributed by atoms with E-state index in [-0.39, 0.29) is 0 Å². The molecule has 2 heterocycles. The predicted molar refractivity (Wildman–Crippen MR) is 127 cm³/mol. The molecule has 3 aromatic carbocycles. The molecule has 0 saturated carbocycles. The summed E-state index contributed by atoms with van der Waals surface area (Å²) < 4.78 is 220. The van der Waals surface area contributed by atoms with Crippen LogP contribution in [-0.4, -0.2) is 37.8 Å². The van der Waals surface area contributed by atoms with Gasteiger partial charge < -0.3 is 14.5 Å². The van der Waals surface area contributed by atoms with E-state index in [1.807, 2.05) is 0 Å². The molecule has 3 aromatic rings. The Bertz CT molecular complexity index is 1310. The molecular formula is C26H18BF15O3. The smallest absolute Gasteiger partial charge is 0.392 e. The summed E-state index contributed by atoms with van der Waals surface area (Å²) in [5.74, 6) is -47.2. The van der Waals surface area contributed by atoms with Gasteiger partial charge in [-0.05, 0) is 42.1 Å². The zero-order valence-electron chi connectivity index (χ0n) is 22.2. The molecule has 3 nitrogen and oxygen atoms in total. The molecule has 0 spiro atoms. The Morgan fingerprint density at radius 2 is 0.467 bits per heavy atom. The number of benzene rings is 3. The maximum Gasteiger partial charge on any atom is 0.392 e. The normalized spacial score (nSPS) is 14.7. The summed E-state index contributed by atoms with van der Waals surface area (Å²) in [7, 11) is 0. The third-order valence-corrected chi connectivity index (χ3v) is 6.69. The Morgan fingerprint density at radius 1 is 0.311 bits per heavy atom. The number of halogens is 15. The SMILES string of the molecule is C1CCOC1.C1CCOC1.[OH2+][B-](c1c(F)c(F)c(F)c(F)c1F)(c1c(F)c(F)c(F)c(F)c1F)c1c(F)c(F)c(F)c(F)c1F. The van der Waals surface area contributed by atoms with Gasteiger partial charge in [0.1, 0.15) is 34.9 Å². The summed E-state index contributed by atoms with van der Waals surface area (Å²) >= 11 is 0. The van der Waals surface area contributed by atoms with Gasteiger partial charge in [0.15, 0.2) is 52.4 Å². The number of ether oxygens (including phenoxy) is 2. The van der Waals surface area contributed by atoms with Gasteiger partial charge in [-0.15, -0.1) is 0 Å². The van der Waals surface area contributed by atoms with Crippen molar-refractivity contribution in [1.29, 1.82) is 0 Å². The lowest BCUT2D eigenvalue weighted by Crippen LogP contribution is -2.73. The molecule has 2 fully saturated rings. The molecule has 0 unspecified atom stereocenters. The van der Waals surface area contributed by atoms with E-state index in [2.05, 4.69) is 0 Å². The van der Waals surface area contributed by atoms with E-state index in [0.29, 0.717) is 0 Å². The highest BCUT2D eigenvalue weighted by atomic mass is 19.2. The van der Waals surface area contributed by atoms with E-state index in [4.69, 9.17) is 14.5 Å². The highest BCUT2D eigenvalue weighted by Gasteiger charge is 2.53. The zero-order chi connectivity index (χ0) is 34.0. The van der Waals surface area contributed by atoms with Crippen LogP contribution in [0, 0.1) is 87.3 Å². The Kier molecular flexibility index (Phi) is 11.5. The number of hydrogen-bond donors (Lipinski definition) is 0. The highest BCUT2D eigenvalue weighted by molar-refractivity contribution is 7.06. The topological polar surface area (TPSA) is 41.4 Å². The molecule has 2 aliphatic rings. The first-order chi connectivity index (χ1) is 21.0. The summed E-state index contributed by atoms with van der Waals surface area (Å²) in [6, 6.07) is 0. The van der Waals surface area contributed by atoms with Gasteiger partial charge in [-0.3, -0.25) is 0 Å². The van der Waals surface area contributed by atoms with Crippen molar-refractivity contribution < 1.29 is 80.4 Å². The maximum absolute atomic E-state index is 14.5. The summed E-state index contributed by atoms with van der Waals surface area (Å²) in [4.78, 5) is 0. The molecule has 0 bridgehead atoms. The quantitative estimate of drug-likeness (QED) is 0.128. The molecule has 0 atom stereocenters. The van der Waals surface area contributed by atoms with Crippen molar-refractivity contribution in [2.24, 2.45) is 0 Å². The van der Waals surface area contributed by atoms with Crippen molar-refractivity contribution in [1.82, 2.24) is 0 Å². The standard InChI is InChI=1S/C18H2BF15O.2C4H8O/c20-4-1(5(21)11(27)16(32)10(4)26)19(35,2-6(22)12(28)17(33)13(29)7(2)23)3-8(24)14(30)18(34)15(31)9(3)25;2*1-2-4-5-3-1/h35H2;2*1-4H2. The molecule has 19 heteroatoms. The van der Waals surface area contributed by atoms with Crippen LogP contribution in [0.1, 0.15) is 25.7 Å². The molecule has 0 aromatic heterocycles. The van der Waals surface area contributed by atoms with Crippen LogP contribution in [0.2, 0.25) is 0 Å². The van der Waals surface area contributed by atoms with Crippen LogP contribution >= 0.6 is 0 Å². The lowest BCUT2D eigenvalue weighted by atomic mass is 9.28. The van der Waals surface area contributed by atoms with E-state index >= 15 is 0 Å². The first-order valence-corrected chi connectivity index (χ1v) is 12.6. The van der Waals surface area contributed by atoms with Gasteiger partial charge in [-0.2, -0.15) is 0 Å². The first kappa shape index (κ1) is 36.0. The van der Waals surface area contributed by atoms with Crippen molar-refractivity contribution in [2.75, 3.05) is 26.4 Å². The first-order valence-electron chi connectivity index (χ1n) is 12.6. The molecular weight excluding hydrogens is 656 g/mol. The van der Waals surface area contributed by atoms with Crippen molar-refractivity contribution in [2.45, 2.75) is 25.7 Å². The van der Waals surface area contributed by atoms with Gasteiger partial charge in [0.05, 0.1) is 0 Å². The molecule has 0 radical (unpaired) electrons. The molecule has 248 valence electrons. The fourth-order valence-corrected chi connectivity index (χ4v) is 4.46. The minimum Gasteiger partial charge on any atom is -0.681 e. The molecule has 5 rings (SSSR count). The van der Waals surface area contributed by atoms with Crippen LogP contribution in [-0.2, 0) is 9.47 Å². The molecule has 2 aliphatic heterocycles. The van der Waals surface area contributed by atoms with E-state index in [0.717, 1.165) is 26.4 Å². The fraction of sp³-hybridized carbons (Fsp3) is 0.308. The van der Waals surface area contributed by atoms with Crippen molar-refractivity contribution in [3.05, 3.63) is 87.3 Å². The third-order valence-electron chi connectivity index (χ3n) is 6.69. The Labute approximate surface area is 243 Å². The van der Waals surface area contributed by atoms with Crippen LogP contribution < -0.4 is 16.4 Å². The Balaban J connectivity index is 0.000000464. The fourth-order valence-electron chi connectivity index (χ4n) is 4.46. The van der Waals surface area contributed by atoms with Gasteiger partial charge in [0, 0.05) is 26.4 Å². The largest absolute Gasteiger partial charge is 0.681 e. The maximum atomic E-state index is 14.5. The van der Waals surface area contributed by atoms with Gasteiger partial charge in [0.25, 0.3) is 0 Å². The molecule has 0 amide bonds. The minimum atomic E-state index is -6.16. The van der Waals surface area contributed by atoms with Crippen LogP contribution in [0.15, 0.2) is 0 Å². The van der Waals surface area contributed by atoms with Gasteiger partial charge >= 0.3 is 6.35 Å². The van der Waals surface area contributed by atoms with Gasteiger partial charge in [-0.1, -0.05) is 0 Å². The van der Waals surface area contributed by atoms with Crippen LogP contribution in [0.4, 0.5) is 65.9 Å². The average Bonchev–Trinajstić information content (AvgIpc) is 3.79. The van der Waals surface area contributed by atoms with E-state index in [1.54, 1.807) is 0 Å². The summed E-state index contributed by atoms with van der Waals surface area (Å²) in [5.41, 5.74) is -8.89. The van der Waals surface area contributed by atoms with Crippen LogP contribution in [0.5, 0.6) is 0 Å². The molecule has 0 aliphatic carbocycles. The second-order valence-corrected chi connectivity index (χ2v) is 9.46. The van der Waals surface area contributed by atoms with Crippen molar-refractivity contribution in [3.63, 3.8) is 0 Å². The number of hydrogen-bond acceptors (Lipinski definition) is 2. The Morgan fingerprint density at radius 3 is 0.600 bits per heavy atom. The van der Waals surface area contributed by atoms with Crippen molar-refractivity contribution >= 4 is 22.7 Å². The van der Waals surface area contributed by atoms with Crippen LogP contribution in [0.3, 0.4) is 0 Å². The second-order valence-electron chi connectivity index (χ2n) is 9.46. The van der Waals surface area contributed by atoms with Crippen molar-refractivity contribution in [3.8, 4) is 0 Å². The summed E-state index contributed by atoms with van der Waals surface area (Å²) in [6.07, 6.45) is -1.05. The lowest BCUT2D eigenvalue weighted by Gasteiger charge is -2.33. The Hall–Kier alpha value is -3.45. The highest BCUT2D eigenvalue weighted by Crippen LogP contribution is 2.26. The van der Waals surface area contributed by atoms with E-state index in [9.17, 15) is 65.9 Å². The summed E-state index contributed by atoms with van der Waals surface area (Å²) in [5, 5.41) is 8.04. The van der Waals surface area contributed by atoms with Crippen LogP contribution in [0.25, 0.3) is 0 Å². The minimum absolute atomic E-state index is 1.00. The monoisotopic (exact) mass is 674 g/mol. The molecule has 2 saturated heterocycles. The lowest BCUT2D eigenvalue weighted by molar-refractivity contribution is 0.198. The number of rotatable bonds is 3. The predicted octanol–water partition coefficient (Wildman–Crippen LogP) is 5.06. The van der Waals surface area contributed by atoms with Gasteiger partial charge in [0.2, 0.25) is 0 Å². The summed E-state index contributed by atoms with van der Waals surface area (Å²) in [6.45, 7) is 4.00. The van der Waals surface area contributed by atoms with E-state index in [1.165, 1.54) is 25.7 Å². The average molecular weight is 674 g/mol. The zero-order valence-corrected chi connectivity index (χ0v) is 22.2. The van der Waals surface area contributed by atoms with E-state index < -0.39 is 110 Å². The second kappa shape index (κ2) is 14.3. The molecule has 45 heavy (non-hydrogen) atoms. The molecule has 2 N–H and O–H groups in total. The van der Waals surface area contributed by atoms with Gasteiger partial charge in [-0.25, -0.2) is 65.9 Å². The third kappa shape index (κ3) is 6.47.